The fourth-order valence-electron chi connectivity index (χ4n) is 0. The van der Waals surface area contributed by atoms with E-state index in [-0.39, 0.29) is 32.3 Å². The van der Waals surface area contributed by atoms with E-state index in [1.54, 1.807) is 6.92 Å². The van der Waals surface area contributed by atoms with E-state index in [1.807, 2.05) is 0 Å². The number of rotatable bonds is 1. The van der Waals surface area contributed by atoms with Crippen LogP contribution in [0.2, 0.25) is 0 Å². The van der Waals surface area contributed by atoms with Crippen LogP contribution in [0.5, 0.6) is 0 Å². The molecule has 0 fully saturated rings. The number of carbonyl (C=O) groups is 1. The zero-order valence-corrected chi connectivity index (χ0v) is 5.18. The van der Waals surface area contributed by atoms with Crippen molar-refractivity contribution < 1.29 is 12.8 Å². The summed E-state index contributed by atoms with van der Waals surface area (Å²) in [6, 6.07) is 0. The molecular formula is C3H8MgO2. The molecule has 34 valence electrons. The molecule has 0 atom stereocenters. The smallest absolute Gasteiger partial charge is 1.00 e. The number of carboxylic acids is 1. The Hall–Kier alpha value is 0.236. The maximum Gasteiger partial charge on any atom is 2.00 e. The molecule has 0 heterocycles. The fourth-order valence-corrected chi connectivity index (χ4v) is 0. The molecule has 3 heteroatoms. The maximum absolute atomic E-state index is 9.37. The Morgan fingerprint density at radius 2 is 2.17 bits per heavy atom. The molecule has 0 spiro atoms. The molecule has 0 aromatic rings. The predicted octanol–water partition coefficient (Wildman–Crippen LogP) is 0.325. The second-order valence-corrected chi connectivity index (χ2v) is 0.747. The van der Waals surface area contributed by atoms with Gasteiger partial charge in [-0.1, -0.05) is 6.92 Å². The summed E-state index contributed by atoms with van der Waals surface area (Å²) in [5.74, 6) is -0.745. The molecule has 0 aromatic heterocycles. The maximum atomic E-state index is 9.37. The minimum Gasteiger partial charge on any atom is -1.00 e. The van der Waals surface area contributed by atoms with E-state index in [1.165, 1.54) is 0 Å². The number of carboxylic acid groups (broad SMARTS) is 1. The van der Waals surface area contributed by atoms with Crippen molar-refractivity contribution in [3.05, 3.63) is 0 Å². The number of aliphatic carboxylic acids is 1. The van der Waals surface area contributed by atoms with Crippen molar-refractivity contribution in [3.8, 4) is 0 Å². The molecule has 0 bridgehead atoms. The normalized spacial score (nSPS) is 6.17. The van der Waals surface area contributed by atoms with Crippen LogP contribution in [-0.4, -0.2) is 34.1 Å². The summed E-state index contributed by atoms with van der Waals surface area (Å²) >= 11 is 0. The van der Waals surface area contributed by atoms with E-state index in [0.717, 1.165) is 0 Å². The van der Waals surface area contributed by atoms with Gasteiger partial charge >= 0.3 is 29.0 Å². The van der Waals surface area contributed by atoms with Crippen LogP contribution in [0, 0.1) is 0 Å². The molecule has 6 heavy (non-hydrogen) atoms. The van der Waals surface area contributed by atoms with Gasteiger partial charge in [-0.15, -0.1) is 0 Å². The number of hydrogen-bond acceptors (Lipinski definition) is 1. The molecule has 0 unspecified atom stereocenters. The first kappa shape index (κ1) is 9.53. The van der Waals surface area contributed by atoms with Crippen molar-refractivity contribution in [1.82, 2.24) is 0 Å². The van der Waals surface area contributed by atoms with Crippen LogP contribution in [0.15, 0.2) is 0 Å². The Kier molecular flexibility index (Phi) is 8.32. The molecule has 0 aliphatic rings. The van der Waals surface area contributed by atoms with Crippen molar-refractivity contribution in [2.75, 3.05) is 0 Å². The van der Waals surface area contributed by atoms with Crippen molar-refractivity contribution in [2.24, 2.45) is 0 Å². The van der Waals surface area contributed by atoms with Gasteiger partial charge in [0.1, 0.15) is 0 Å². The Morgan fingerprint density at radius 1 is 2.00 bits per heavy atom. The minimum atomic E-state index is -0.745. The SMILES string of the molecule is CCC(=O)O.[H-].[H-].[Mg+2]. The third-order valence-corrected chi connectivity index (χ3v) is 0.302. The van der Waals surface area contributed by atoms with E-state index in [0.29, 0.717) is 0 Å². The molecule has 0 radical (unpaired) electrons. The zero-order valence-electron chi connectivity index (χ0n) is 5.77. The quantitative estimate of drug-likeness (QED) is 0.482. The van der Waals surface area contributed by atoms with Gasteiger partial charge in [-0.2, -0.15) is 0 Å². The van der Waals surface area contributed by atoms with Gasteiger partial charge in [0.15, 0.2) is 0 Å². The summed E-state index contributed by atoms with van der Waals surface area (Å²) in [5, 5.41) is 7.72. The molecule has 0 saturated carbocycles. The van der Waals surface area contributed by atoms with Gasteiger partial charge in [-0.25, -0.2) is 0 Å². The van der Waals surface area contributed by atoms with Crippen LogP contribution in [0.4, 0.5) is 0 Å². The first-order chi connectivity index (χ1) is 2.27. The van der Waals surface area contributed by atoms with E-state index in [9.17, 15) is 4.79 Å². The average Bonchev–Trinajstić information content (AvgIpc) is 1.38. The summed E-state index contributed by atoms with van der Waals surface area (Å²) in [7, 11) is 0. The van der Waals surface area contributed by atoms with Gasteiger partial charge in [0.25, 0.3) is 0 Å². The van der Waals surface area contributed by atoms with Crippen molar-refractivity contribution >= 4 is 29.0 Å². The molecule has 1 N–H and O–H groups in total. The summed E-state index contributed by atoms with van der Waals surface area (Å²) in [4.78, 5) is 9.37. The standard InChI is InChI=1S/C3H6O2.Mg.2H/c1-2-3(4)5;;;/h2H2,1H3,(H,4,5);;;/q;+2;2*-1. The molecule has 0 rings (SSSR count). The second kappa shape index (κ2) is 5.24. The summed E-state index contributed by atoms with van der Waals surface area (Å²) in [6.45, 7) is 1.60. The van der Waals surface area contributed by atoms with Crippen molar-refractivity contribution in [3.63, 3.8) is 0 Å². The Bertz CT molecular complexity index is 50.5. The van der Waals surface area contributed by atoms with E-state index in [2.05, 4.69) is 0 Å². The Morgan fingerprint density at radius 3 is 2.17 bits per heavy atom. The van der Waals surface area contributed by atoms with Crippen molar-refractivity contribution in [1.29, 1.82) is 0 Å². The second-order valence-electron chi connectivity index (χ2n) is 0.747. The van der Waals surface area contributed by atoms with Gasteiger partial charge in [0, 0.05) is 6.42 Å². The van der Waals surface area contributed by atoms with Crippen LogP contribution < -0.4 is 0 Å². The molecule has 2 nitrogen and oxygen atoms in total. The first-order valence-electron chi connectivity index (χ1n) is 1.49. The van der Waals surface area contributed by atoms with Crippen molar-refractivity contribution in [2.45, 2.75) is 13.3 Å². The van der Waals surface area contributed by atoms with Gasteiger partial charge in [-0.05, 0) is 0 Å². The monoisotopic (exact) mass is 100 g/mol. The Balaban J connectivity index is -0.0000000267. The third-order valence-electron chi connectivity index (χ3n) is 0.302. The summed E-state index contributed by atoms with van der Waals surface area (Å²) in [6.07, 6.45) is 0.222. The van der Waals surface area contributed by atoms with E-state index >= 15 is 0 Å². The van der Waals surface area contributed by atoms with E-state index < -0.39 is 5.97 Å². The average molecular weight is 100 g/mol. The van der Waals surface area contributed by atoms with E-state index in [4.69, 9.17) is 5.11 Å². The largest absolute Gasteiger partial charge is 2.00 e. The fraction of sp³-hybridized carbons (Fsp3) is 0.667. The van der Waals surface area contributed by atoms with Crippen LogP contribution in [0.3, 0.4) is 0 Å². The molecule has 0 aliphatic carbocycles. The summed E-state index contributed by atoms with van der Waals surface area (Å²) in [5.41, 5.74) is 0. The number of hydrogen-bond donors (Lipinski definition) is 1. The van der Waals surface area contributed by atoms with Gasteiger partial charge < -0.3 is 7.96 Å². The molecule has 0 saturated heterocycles. The molecule has 0 amide bonds. The predicted molar refractivity (Wildman–Crippen MR) is 25.9 cm³/mol. The van der Waals surface area contributed by atoms with Crippen LogP contribution >= 0.6 is 0 Å². The summed E-state index contributed by atoms with van der Waals surface area (Å²) < 4.78 is 0. The van der Waals surface area contributed by atoms with Gasteiger partial charge in [0.05, 0.1) is 0 Å². The molecular weight excluding hydrogens is 92.3 g/mol. The minimum absolute atomic E-state index is 0. The zero-order chi connectivity index (χ0) is 4.28. The van der Waals surface area contributed by atoms with Gasteiger partial charge in [0.2, 0.25) is 0 Å². The first-order valence-corrected chi connectivity index (χ1v) is 1.49. The van der Waals surface area contributed by atoms with Gasteiger partial charge in [-0.3, -0.25) is 4.79 Å². The van der Waals surface area contributed by atoms with Crippen LogP contribution in [0.1, 0.15) is 16.2 Å². The Labute approximate surface area is 55.7 Å². The van der Waals surface area contributed by atoms with Crippen LogP contribution in [-0.2, 0) is 4.79 Å². The topological polar surface area (TPSA) is 37.3 Å². The van der Waals surface area contributed by atoms with Crippen LogP contribution in [0.25, 0.3) is 0 Å². The molecule has 0 aromatic carbocycles. The molecule has 0 aliphatic heterocycles. The third kappa shape index (κ3) is 8.87.